The standard InChI is InChI=1S/C14H18BrNO2/c1-9-3-8-12(14(17)18-2)16-13(9)10-4-6-11(15)7-5-10/h4-7,9,12-13,16H,3,8H2,1-2H3/t9-,12+,13-/m1/s1. The molecule has 0 unspecified atom stereocenters. The van der Waals surface area contributed by atoms with Gasteiger partial charge in [-0.1, -0.05) is 35.0 Å². The summed E-state index contributed by atoms with van der Waals surface area (Å²) in [5.41, 5.74) is 1.22. The van der Waals surface area contributed by atoms with Crippen LogP contribution in [0, 0.1) is 5.92 Å². The molecule has 0 spiro atoms. The molecular weight excluding hydrogens is 294 g/mol. The van der Waals surface area contributed by atoms with Crippen LogP contribution < -0.4 is 5.32 Å². The molecule has 98 valence electrons. The minimum absolute atomic E-state index is 0.163. The minimum Gasteiger partial charge on any atom is -0.468 e. The molecule has 0 saturated carbocycles. The van der Waals surface area contributed by atoms with E-state index in [0.717, 1.165) is 17.3 Å². The van der Waals surface area contributed by atoms with Crippen molar-refractivity contribution >= 4 is 21.9 Å². The van der Waals surface area contributed by atoms with Crippen LogP contribution in [0.1, 0.15) is 31.4 Å². The molecule has 0 aliphatic carbocycles. The molecule has 1 heterocycles. The first-order valence-electron chi connectivity index (χ1n) is 6.21. The first-order valence-corrected chi connectivity index (χ1v) is 7.00. The van der Waals surface area contributed by atoms with Gasteiger partial charge in [0, 0.05) is 10.5 Å². The molecule has 3 nitrogen and oxygen atoms in total. The van der Waals surface area contributed by atoms with E-state index in [9.17, 15) is 4.79 Å². The van der Waals surface area contributed by atoms with Crippen molar-refractivity contribution in [1.82, 2.24) is 5.32 Å². The van der Waals surface area contributed by atoms with E-state index in [1.165, 1.54) is 12.7 Å². The molecule has 0 aromatic heterocycles. The van der Waals surface area contributed by atoms with Gasteiger partial charge in [0.05, 0.1) is 7.11 Å². The molecule has 1 N–H and O–H groups in total. The van der Waals surface area contributed by atoms with Crippen molar-refractivity contribution in [3.05, 3.63) is 34.3 Å². The zero-order valence-corrected chi connectivity index (χ0v) is 12.2. The monoisotopic (exact) mass is 311 g/mol. The zero-order chi connectivity index (χ0) is 13.1. The number of esters is 1. The highest BCUT2D eigenvalue weighted by Gasteiger charge is 2.32. The van der Waals surface area contributed by atoms with E-state index in [0.29, 0.717) is 5.92 Å². The number of benzene rings is 1. The number of hydrogen-bond acceptors (Lipinski definition) is 3. The van der Waals surface area contributed by atoms with E-state index in [1.807, 2.05) is 12.1 Å². The first kappa shape index (κ1) is 13.6. The molecule has 0 bridgehead atoms. The summed E-state index contributed by atoms with van der Waals surface area (Å²) in [5.74, 6) is 0.357. The summed E-state index contributed by atoms with van der Waals surface area (Å²) in [6, 6.07) is 8.29. The van der Waals surface area contributed by atoms with Gasteiger partial charge in [-0.15, -0.1) is 0 Å². The summed E-state index contributed by atoms with van der Waals surface area (Å²) in [6.07, 6.45) is 1.88. The highest BCUT2D eigenvalue weighted by molar-refractivity contribution is 9.10. The second-order valence-corrected chi connectivity index (χ2v) is 5.74. The van der Waals surface area contributed by atoms with Gasteiger partial charge in [0.15, 0.2) is 0 Å². The molecule has 1 saturated heterocycles. The molecule has 1 aliphatic heterocycles. The van der Waals surface area contributed by atoms with Crippen molar-refractivity contribution in [2.75, 3.05) is 7.11 Å². The zero-order valence-electron chi connectivity index (χ0n) is 10.7. The fourth-order valence-corrected chi connectivity index (χ4v) is 2.75. The van der Waals surface area contributed by atoms with E-state index in [4.69, 9.17) is 4.74 Å². The maximum Gasteiger partial charge on any atom is 0.322 e. The largest absolute Gasteiger partial charge is 0.468 e. The fourth-order valence-electron chi connectivity index (χ4n) is 2.48. The summed E-state index contributed by atoms with van der Waals surface area (Å²) in [7, 11) is 1.44. The van der Waals surface area contributed by atoms with Gasteiger partial charge in [0.2, 0.25) is 0 Å². The maximum absolute atomic E-state index is 11.6. The fraction of sp³-hybridized carbons (Fsp3) is 0.500. The second-order valence-electron chi connectivity index (χ2n) is 4.83. The van der Waals surface area contributed by atoms with Crippen LogP contribution >= 0.6 is 15.9 Å². The third kappa shape index (κ3) is 2.93. The van der Waals surface area contributed by atoms with Gasteiger partial charge in [-0.05, 0) is 36.5 Å². The van der Waals surface area contributed by atoms with E-state index < -0.39 is 0 Å². The smallest absolute Gasteiger partial charge is 0.322 e. The third-order valence-electron chi connectivity index (χ3n) is 3.58. The normalized spacial score (nSPS) is 27.8. The lowest BCUT2D eigenvalue weighted by atomic mass is 9.85. The molecule has 1 aromatic carbocycles. The molecule has 1 fully saturated rings. The summed E-state index contributed by atoms with van der Waals surface area (Å²) < 4.78 is 5.89. The molecular formula is C14H18BrNO2. The number of rotatable bonds is 2. The van der Waals surface area contributed by atoms with E-state index in [2.05, 4.69) is 40.3 Å². The maximum atomic E-state index is 11.6. The van der Waals surface area contributed by atoms with Gasteiger partial charge in [0.25, 0.3) is 0 Å². The molecule has 4 heteroatoms. The first-order chi connectivity index (χ1) is 8.61. The van der Waals surface area contributed by atoms with E-state index in [-0.39, 0.29) is 18.1 Å². The lowest BCUT2D eigenvalue weighted by Gasteiger charge is -2.34. The Bertz CT molecular complexity index is 418. The predicted molar refractivity (Wildman–Crippen MR) is 74.2 cm³/mol. The predicted octanol–water partition coefficient (Wildman–Crippen LogP) is 3.05. The van der Waals surface area contributed by atoms with Crippen LogP contribution in [0.2, 0.25) is 0 Å². The van der Waals surface area contributed by atoms with Crippen molar-refractivity contribution in [2.24, 2.45) is 5.92 Å². The number of carbonyl (C=O) groups excluding carboxylic acids is 1. The number of piperidine rings is 1. The minimum atomic E-state index is -0.181. The molecule has 2 rings (SSSR count). The van der Waals surface area contributed by atoms with Crippen molar-refractivity contribution in [3.8, 4) is 0 Å². The van der Waals surface area contributed by atoms with E-state index >= 15 is 0 Å². The number of carbonyl (C=O) groups is 1. The van der Waals surface area contributed by atoms with Gasteiger partial charge >= 0.3 is 5.97 Å². The SMILES string of the molecule is COC(=O)[C@@H]1CC[C@@H](C)[C@H](c2ccc(Br)cc2)N1. The molecule has 18 heavy (non-hydrogen) atoms. The Balaban J connectivity index is 2.14. The summed E-state index contributed by atoms with van der Waals surface area (Å²) in [4.78, 5) is 11.6. The van der Waals surface area contributed by atoms with Crippen molar-refractivity contribution in [3.63, 3.8) is 0 Å². The Morgan fingerprint density at radius 3 is 2.61 bits per heavy atom. The number of ether oxygens (including phenoxy) is 1. The Hall–Kier alpha value is -0.870. The van der Waals surface area contributed by atoms with E-state index in [1.54, 1.807) is 0 Å². The van der Waals surface area contributed by atoms with Crippen LogP contribution in [0.15, 0.2) is 28.7 Å². The number of halogens is 1. The number of methoxy groups -OCH3 is 1. The summed E-state index contributed by atoms with van der Waals surface area (Å²) >= 11 is 3.44. The van der Waals surface area contributed by atoms with Gasteiger partial charge in [-0.2, -0.15) is 0 Å². The number of hydrogen-bond donors (Lipinski definition) is 1. The topological polar surface area (TPSA) is 38.3 Å². The summed E-state index contributed by atoms with van der Waals surface area (Å²) in [5, 5.41) is 3.40. The van der Waals surface area contributed by atoms with Gasteiger partial charge in [0.1, 0.15) is 6.04 Å². The molecule has 3 atom stereocenters. The Morgan fingerprint density at radius 2 is 2.00 bits per heavy atom. The van der Waals surface area contributed by atoms with Crippen LogP contribution in [-0.4, -0.2) is 19.1 Å². The average molecular weight is 312 g/mol. The van der Waals surface area contributed by atoms with Crippen LogP contribution in [0.3, 0.4) is 0 Å². The molecule has 1 aliphatic rings. The second kappa shape index (κ2) is 5.85. The number of nitrogens with one attached hydrogen (secondary N) is 1. The Morgan fingerprint density at radius 1 is 1.33 bits per heavy atom. The third-order valence-corrected chi connectivity index (χ3v) is 4.10. The van der Waals surface area contributed by atoms with Crippen molar-refractivity contribution < 1.29 is 9.53 Å². The van der Waals surface area contributed by atoms with Crippen LogP contribution in [-0.2, 0) is 9.53 Å². The lowest BCUT2D eigenvalue weighted by molar-refractivity contribution is -0.144. The molecule has 1 aromatic rings. The van der Waals surface area contributed by atoms with Gasteiger partial charge < -0.3 is 4.74 Å². The Kier molecular flexibility index (Phi) is 4.40. The molecule has 0 amide bonds. The lowest BCUT2D eigenvalue weighted by Crippen LogP contribution is -2.46. The van der Waals surface area contributed by atoms with Crippen LogP contribution in [0.4, 0.5) is 0 Å². The van der Waals surface area contributed by atoms with Gasteiger partial charge in [-0.25, -0.2) is 0 Å². The summed E-state index contributed by atoms with van der Waals surface area (Å²) in [6.45, 7) is 2.22. The Labute approximate surface area is 116 Å². The van der Waals surface area contributed by atoms with Crippen LogP contribution in [0.25, 0.3) is 0 Å². The quantitative estimate of drug-likeness (QED) is 0.853. The molecule has 0 radical (unpaired) electrons. The van der Waals surface area contributed by atoms with Crippen LogP contribution in [0.5, 0.6) is 0 Å². The highest BCUT2D eigenvalue weighted by Crippen LogP contribution is 2.31. The average Bonchev–Trinajstić information content (AvgIpc) is 2.39. The van der Waals surface area contributed by atoms with Crippen molar-refractivity contribution in [2.45, 2.75) is 31.8 Å². The highest BCUT2D eigenvalue weighted by atomic mass is 79.9. The van der Waals surface area contributed by atoms with Crippen molar-refractivity contribution in [1.29, 1.82) is 0 Å². The van der Waals surface area contributed by atoms with Gasteiger partial charge in [-0.3, -0.25) is 10.1 Å².